The summed E-state index contributed by atoms with van der Waals surface area (Å²) in [6, 6.07) is 18.0. The van der Waals surface area contributed by atoms with Crippen LogP contribution < -0.4 is 23.8 Å². The van der Waals surface area contributed by atoms with Crippen molar-refractivity contribution in [2.75, 3.05) is 30.6 Å². The molecule has 10 heteroatoms. The van der Waals surface area contributed by atoms with Crippen LogP contribution in [-0.4, -0.2) is 46.7 Å². The highest BCUT2D eigenvalue weighted by atomic mass is 32.2. The Balaban J connectivity index is 1.50. The Kier molecular flexibility index (Phi) is 7.40. The summed E-state index contributed by atoms with van der Waals surface area (Å²) >= 11 is 0. The maximum Gasteiger partial charge on any atom is 0.264 e. The lowest BCUT2D eigenvalue weighted by Gasteiger charge is -2.27. The van der Waals surface area contributed by atoms with Gasteiger partial charge < -0.3 is 19.5 Å². The minimum atomic E-state index is -4.17. The van der Waals surface area contributed by atoms with E-state index >= 15 is 0 Å². The zero-order valence-electron chi connectivity index (χ0n) is 19.0. The molecule has 184 valence electrons. The van der Waals surface area contributed by atoms with Gasteiger partial charge in [-0.2, -0.15) is 0 Å². The largest absolute Gasteiger partial charge is 0.494 e. The highest BCUT2D eigenvalue weighted by molar-refractivity contribution is 7.92. The summed E-state index contributed by atoms with van der Waals surface area (Å²) in [4.78, 5) is 12.7. The summed E-state index contributed by atoms with van der Waals surface area (Å²) in [7, 11) is -4.17. The average molecular weight is 501 g/mol. The Hall–Kier alpha value is -3.79. The maximum absolute atomic E-state index is 13.4. The molecular formula is C25H25FN2O6S. The van der Waals surface area contributed by atoms with E-state index in [1.54, 1.807) is 36.4 Å². The lowest BCUT2D eigenvalue weighted by atomic mass is 10.2. The van der Waals surface area contributed by atoms with Crippen LogP contribution in [0.4, 0.5) is 10.1 Å². The van der Waals surface area contributed by atoms with Gasteiger partial charge in [-0.25, -0.2) is 12.8 Å². The van der Waals surface area contributed by atoms with Crippen molar-refractivity contribution in [3.05, 3.63) is 78.6 Å². The van der Waals surface area contributed by atoms with Crippen LogP contribution in [0.15, 0.2) is 77.7 Å². The molecule has 0 spiro atoms. The van der Waals surface area contributed by atoms with Crippen molar-refractivity contribution >= 4 is 21.6 Å². The van der Waals surface area contributed by atoms with Crippen LogP contribution in [0.3, 0.4) is 0 Å². The predicted molar refractivity (Wildman–Crippen MR) is 128 cm³/mol. The molecule has 0 radical (unpaired) electrons. The molecule has 35 heavy (non-hydrogen) atoms. The smallest absolute Gasteiger partial charge is 0.264 e. The number of amides is 1. The molecule has 1 aliphatic rings. The molecule has 1 heterocycles. The second kappa shape index (κ2) is 10.6. The second-order valence-corrected chi connectivity index (χ2v) is 9.56. The molecule has 1 aliphatic heterocycles. The first-order valence-corrected chi connectivity index (χ1v) is 12.5. The van der Waals surface area contributed by atoms with Crippen LogP contribution in [0.2, 0.25) is 0 Å². The minimum absolute atomic E-state index is 0.126. The van der Waals surface area contributed by atoms with Gasteiger partial charge in [0, 0.05) is 0 Å². The summed E-state index contributed by atoms with van der Waals surface area (Å²) in [6.07, 6.45) is -0.429. The van der Waals surface area contributed by atoms with Crippen molar-refractivity contribution in [1.82, 2.24) is 5.32 Å². The number of sulfonamides is 1. The first-order valence-electron chi connectivity index (χ1n) is 11.0. The summed E-state index contributed by atoms with van der Waals surface area (Å²) in [6.45, 7) is 2.17. The topological polar surface area (TPSA) is 94.2 Å². The van der Waals surface area contributed by atoms with E-state index in [9.17, 15) is 17.6 Å². The second-order valence-electron chi connectivity index (χ2n) is 7.69. The molecule has 0 unspecified atom stereocenters. The number of ether oxygens (including phenoxy) is 3. The number of nitrogens with zero attached hydrogens (tertiary/aromatic N) is 1. The van der Waals surface area contributed by atoms with Crippen molar-refractivity contribution in [3.8, 4) is 17.2 Å². The zero-order chi connectivity index (χ0) is 24.8. The fraction of sp³-hybridized carbons (Fsp3) is 0.240. The third-order valence-electron chi connectivity index (χ3n) is 5.22. The van der Waals surface area contributed by atoms with E-state index in [1.807, 2.05) is 19.1 Å². The Bertz CT molecular complexity index is 1270. The number of fused-ring (bicyclic) bond motifs is 1. The molecular weight excluding hydrogens is 475 g/mol. The van der Waals surface area contributed by atoms with E-state index in [0.29, 0.717) is 23.9 Å². The van der Waals surface area contributed by atoms with Gasteiger partial charge in [0.25, 0.3) is 10.0 Å². The fourth-order valence-corrected chi connectivity index (χ4v) is 4.92. The predicted octanol–water partition coefficient (Wildman–Crippen LogP) is 3.38. The highest BCUT2D eigenvalue weighted by Crippen LogP contribution is 2.31. The van der Waals surface area contributed by atoms with Gasteiger partial charge in [0.05, 0.1) is 23.7 Å². The van der Waals surface area contributed by atoms with Crippen molar-refractivity contribution in [2.24, 2.45) is 0 Å². The van der Waals surface area contributed by atoms with Crippen LogP contribution in [-0.2, 0) is 14.8 Å². The van der Waals surface area contributed by atoms with E-state index in [2.05, 4.69) is 5.32 Å². The van der Waals surface area contributed by atoms with Crippen molar-refractivity contribution in [1.29, 1.82) is 0 Å². The maximum atomic E-state index is 13.4. The average Bonchev–Trinajstić information content (AvgIpc) is 2.87. The van der Waals surface area contributed by atoms with Gasteiger partial charge in [-0.05, 0) is 67.6 Å². The van der Waals surface area contributed by atoms with E-state index in [0.717, 1.165) is 28.6 Å². The molecule has 8 nitrogen and oxygen atoms in total. The number of carbonyl (C=O) groups is 1. The Morgan fingerprint density at radius 1 is 1.06 bits per heavy atom. The standard InChI is InChI=1S/C25H25FN2O6S/c1-2-32-20-11-9-19(10-12-20)28(35(30,31)22-13-7-18(26)8-14-22)16-25(29)27-15-21-17-33-23-5-3-4-6-24(23)34-21/h3-14,21H,2,15-17H2,1H3,(H,27,29)/t21-/m0/s1. The monoisotopic (exact) mass is 500 g/mol. The fourth-order valence-electron chi connectivity index (χ4n) is 3.50. The number of rotatable bonds is 9. The lowest BCUT2D eigenvalue weighted by molar-refractivity contribution is -0.120. The molecule has 3 aromatic rings. The molecule has 0 fully saturated rings. The first kappa shape index (κ1) is 24.3. The van der Waals surface area contributed by atoms with E-state index in [4.69, 9.17) is 14.2 Å². The number of para-hydroxylation sites is 2. The Morgan fingerprint density at radius 3 is 2.43 bits per heavy atom. The summed E-state index contributed by atoms with van der Waals surface area (Å²) in [5.74, 6) is 0.669. The molecule has 0 aromatic heterocycles. The van der Waals surface area contributed by atoms with E-state index in [-0.39, 0.29) is 23.7 Å². The number of hydrogen-bond acceptors (Lipinski definition) is 6. The number of hydrogen-bond donors (Lipinski definition) is 1. The van der Waals surface area contributed by atoms with Crippen molar-refractivity contribution < 1.29 is 31.8 Å². The van der Waals surface area contributed by atoms with Crippen molar-refractivity contribution in [3.63, 3.8) is 0 Å². The number of benzene rings is 3. The molecule has 0 saturated carbocycles. The first-order chi connectivity index (χ1) is 16.9. The summed E-state index contributed by atoms with van der Waals surface area (Å²) < 4.78 is 58.0. The van der Waals surface area contributed by atoms with Crippen LogP contribution in [0, 0.1) is 5.82 Å². The third-order valence-corrected chi connectivity index (χ3v) is 7.01. The van der Waals surface area contributed by atoms with Crippen molar-refractivity contribution in [2.45, 2.75) is 17.9 Å². The van der Waals surface area contributed by atoms with Gasteiger partial charge in [-0.15, -0.1) is 0 Å². The lowest BCUT2D eigenvalue weighted by Crippen LogP contribution is -2.45. The minimum Gasteiger partial charge on any atom is -0.494 e. The number of nitrogens with one attached hydrogen (secondary N) is 1. The third kappa shape index (κ3) is 5.83. The van der Waals surface area contributed by atoms with E-state index < -0.39 is 34.4 Å². The van der Waals surface area contributed by atoms with Crippen LogP contribution in [0.5, 0.6) is 17.2 Å². The van der Waals surface area contributed by atoms with Crippen LogP contribution in [0.1, 0.15) is 6.92 Å². The van der Waals surface area contributed by atoms with Gasteiger partial charge in [0.1, 0.15) is 30.8 Å². The molecule has 1 N–H and O–H groups in total. The summed E-state index contributed by atoms with van der Waals surface area (Å²) in [5, 5.41) is 2.71. The molecule has 1 amide bonds. The molecule has 0 bridgehead atoms. The molecule has 1 atom stereocenters. The number of anilines is 1. The van der Waals surface area contributed by atoms with Gasteiger partial charge in [0.2, 0.25) is 5.91 Å². The Labute approximate surface area is 203 Å². The number of carbonyl (C=O) groups excluding carboxylic acids is 1. The number of halogens is 1. The normalized spacial score (nSPS) is 14.7. The zero-order valence-corrected chi connectivity index (χ0v) is 19.8. The highest BCUT2D eigenvalue weighted by Gasteiger charge is 2.28. The summed E-state index contributed by atoms with van der Waals surface area (Å²) in [5.41, 5.74) is 0.263. The molecule has 0 aliphatic carbocycles. The molecule has 3 aromatic carbocycles. The van der Waals surface area contributed by atoms with Gasteiger partial charge in [0.15, 0.2) is 11.5 Å². The van der Waals surface area contributed by atoms with Gasteiger partial charge in [-0.3, -0.25) is 9.10 Å². The SMILES string of the molecule is CCOc1ccc(N(CC(=O)NC[C@H]2COc3ccccc3O2)S(=O)(=O)c2ccc(F)cc2)cc1. The van der Waals surface area contributed by atoms with E-state index in [1.165, 1.54) is 0 Å². The quantitative estimate of drug-likeness (QED) is 0.484. The van der Waals surface area contributed by atoms with Crippen LogP contribution in [0.25, 0.3) is 0 Å². The van der Waals surface area contributed by atoms with Crippen LogP contribution >= 0.6 is 0 Å². The van der Waals surface area contributed by atoms with Gasteiger partial charge in [-0.1, -0.05) is 12.1 Å². The Morgan fingerprint density at radius 2 is 1.74 bits per heavy atom. The molecule has 4 rings (SSSR count). The van der Waals surface area contributed by atoms with Gasteiger partial charge >= 0.3 is 0 Å². The molecule has 0 saturated heterocycles.